The van der Waals surface area contributed by atoms with Crippen molar-refractivity contribution in [2.75, 3.05) is 62.5 Å². The molecule has 15 heteroatoms. The Bertz CT molecular complexity index is 924. The van der Waals surface area contributed by atoms with E-state index in [0.717, 1.165) is 37.2 Å². The van der Waals surface area contributed by atoms with E-state index in [1.54, 1.807) is 4.90 Å². The van der Waals surface area contributed by atoms with Crippen LogP contribution < -0.4 is 4.90 Å². The Morgan fingerprint density at radius 1 is 0.919 bits per heavy atom. The van der Waals surface area contributed by atoms with Crippen LogP contribution in [-0.4, -0.2) is 103 Å². The van der Waals surface area contributed by atoms with Crippen molar-refractivity contribution in [3.05, 3.63) is 29.8 Å². The second-order valence-electron chi connectivity index (χ2n) is 9.07. The molecule has 1 fully saturated rings. The van der Waals surface area contributed by atoms with Gasteiger partial charge in [0.05, 0.1) is 0 Å². The average molecular weight is 604 g/mol. The van der Waals surface area contributed by atoms with Crippen molar-refractivity contribution in [1.82, 2.24) is 9.80 Å². The molecule has 0 aromatic heterocycles. The molecule has 11 nitrogen and oxygen atoms in total. The lowest BCUT2D eigenvalue weighted by molar-refractivity contribution is -0.133. The Hall–Kier alpha value is -0.710. The number of piperazine rings is 1. The highest BCUT2D eigenvalue weighted by atomic mass is 35.5. The number of benzene rings is 1. The first-order valence-electron chi connectivity index (χ1n) is 12.1. The molecular formula is C22H37Cl2N3O8P2. The molecule has 0 saturated carbocycles. The van der Waals surface area contributed by atoms with Gasteiger partial charge in [0, 0.05) is 69.6 Å². The third kappa shape index (κ3) is 9.46. The van der Waals surface area contributed by atoms with Gasteiger partial charge >= 0.3 is 15.2 Å². The molecule has 0 bridgehead atoms. The van der Waals surface area contributed by atoms with Crippen LogP contribution in [-0.2, 0) is 20.3 Å². The van der Waals surface area contributed by atoms with Gasteiger partial charge in [-0.1, -0.05) is 12.1 Å². The number of hydrogen-bond donors (Lipinski definition) is 5. The zero-order valence-electron chi connectivity index (χ0n) is 20.7. The molecule has 1 aliphatic rings. The zero-order valence-corrected chi connectivity index (χ0v) is 24.0. The largest absolute Gasteiger partial charge is 0.369 e. The van der Waals surface area contributed by atoms with E-state index in [-0.39, 0.29) is 18.9 Å². The van der Waals surface area contributed by atoms with E-state index in [1.807, 2.05) is 29.2 Å². The highest BCUT2D eigenvalue weighted by molar-refractivity contribution is 7.72. The van der Waals surface area contributed by atoms with E-state index in [4.69, 9.17) is 23.2 Å². The van der Waals surface area contributed by atoms with Gasteiger partial charge in [0.15, 0.2) is 0 Å². The van der Waals surface area contributed by atoms with Crippen LogP contribution in [0.5, 0.6) is 0 Å². The number of alkyl halides is 2. The molecule has 37 heavy (non-hydrogen) atoms. The lowest BCUT2D eigenvalue weighted by Gasteiger charge is -2.35. The smallest absolute Gasteiger partial charge is 0.369 e. The molecule has 0 unspecified atom stereocenters. The summed E-state index contributed by atoms with van der Waals surface area (Å²) in [6.45, 7) is 3.76. The Morgan fingerprint density at radius 3 is 1.95 bits per heavy atom. The molecule has 1 saturated heterocycles. The van der Waals surface area contributed by atoms with Crippen LogP contribution in [0.1, 0.15) is 31.2 Å². The number of aryl methyl sites for hydroxylation is 1. The molecule has 2 rings (SSSR count). The SMILES string of the molecule is O=C(CCCc1ccc(N(CCCl)CCCl)cc1)N1CCN(CCCC(O)(P(=O)(O)O)P(=O)(O)O)CC1. The van der Waals surface area contributed by atoms with Crippen LogP contribution in [0.3, 0.4) is 0 Å². The number of halogens is 2. The van der Waals surface area contributed by atoms with Crippen molar-refractivity contribution in [2.24, 2.45) is 0 Å². The number of anilines is 1. The van der Waals surface area contributed by atoms with E-state index >= 15 is 0 Å². The second-order valence-corrected chi connectivity index (χ2v) is 13.8. The Labute approximate surface area is 227 Å². The summed E-state index contributed by atoms with van der Waals surface area (Å²) < 4.78 is 22.9. The number of aliphatic hydroxyl groups is 1. The van der Waals surface area contributed by atoms with E-state index in [1.165, 1.54) is 0 Å². The summed E-state index contributed by atoms with van der Waals surface area (Å²) in [6.07, 6.45) is 1.16. The third-order valence-corrected chi connectivity index (χ3v) is 10.7. The first kappa shape index (κ1) is 32.5. The topological polar surface area (TPSA) is 162 Å². The number of hydrogen-bond acceptors (Lipinski definition) is 6. The predicted octanol–water partition coefficient (Wildman–Crippen LogP) is 2.22. The van der Waals surface area contributed by atoms with Crippen molar-refractivity contribution >= 4 is 50.0 Å². The predicted molar refractivity (Wildman–Crippen MR) is 144 cm³/mol. The second kappa shape index (κ2) is 14.6. The Kier molecular flexibility index (Phi) is 12.8. The first-order chi connectivity index (χ1) is 17.3. The van der Waals surface area contributed by atoms with Crippen molar-refractivity contribution < 1.29 is 38.6 Å². The van der Waals surface area contributed by atoms with Gasteiger partial charge in [-0.3, -0.25) is 18.8 Å². The van der Waals surface area contributed by atoms with Gasteiger partial charge in [-0.2, -0.15) is 0 Å². The van der Waals surface area contributed by atoms with Crippen molar-refractivity contribution in [3.63, 3.8) is 0 Å². The molecule has 1 aromatic rings. The Morgan fingerprint density at radius 2 is 1.46 bits per heavy atom. The van der Waals surface area contributed by atoms with Crippen LogP contribution >= 0.6 is 38.4 Å². The number of rotatable bonds is 15. The molecule has 1 amide bonds. The molecule has 0 radical (unpaired) electrons. The van der Waals surface area contributed by atoms with E-state index in [0.29, 0.717) is 44.4 Å². The fourth-order valence-electron chi connectivity index (χ4n) is 4.27. The lowest BCUT2D eigenvalue weighted by atomic mass is 10.1. The molecule has 1 aromatic carbocycles. The quantitative estimate of drug-likeness (QED) is 0.148. The summed E-state index contributed by atoms with van der Waals surface area (Å²) in [7, 11) is -10.9. The highest BCUT2D eigenvalue weighted by Crippen LogP contribution is 2.69. The van der Waals surface area contributed by atoms with E-state index in [9.17, 15) is 38.6 Å². The van der Waals surface area contributed by atoms with Gasteiger partial charge in [0.25, 0.3) is 5.08 Å². The summed E-state index contributed by atoms with van der Waals surface area (Å²) in [6, 6.07) is 8.17. The summed E-state index contributed by atoms with van der Waals surface area (Å²) in [4.78, 5) is 55.3. The molecule has 1 heterocycles. The molecule has 1 aliphatic heterocycles. The van der Waals surface area contributed by atoms with Crippen LogP contribution in [0.15, 0.2) is 24.3 Å². The van der Waals surface area contributed by atoms with Crippen LogP contribution in [0.25, 0.3) is 0 Å². The van der Waals surface area contributed by atoms with Gasteiger partial charge in [-0.15, -0.1) is 23.2 Å². The molecule has 212 valence electrons. The molecular weight excluding hydrogens is 567 g/mol. The number of amides is 1. The maximum atomic E-state index is 12.6. The van der Waals surface area contributed by atoms with Gasteiger partial charge in [0.2, 0.25) is 5.91 Å². The number of nitrogens with zero attached hydrogens (tertiary/aromatic N) is 3. The number of carbonyl (C=O) groups excluding carboxylic acids is 1. The summed E-state index contributed by atoms with van der Waals surface area (Å²) >= 11 is 11.7. The van der Waals surface area contributed by atoms with Gasteiger partial charge in [-0.05, 0) is 43.5 Å². The van der Waals surface area contributed by atoms with Crippen molar-refractivity contribution in [1.29, 1.82) is 0 Å². The summed E-state index contributed by atoms with van der Waals surface area (Å²) in [5.41, 5.74) is 2.20. The highest BCUT2D eigenvalue weighted by Gasteiger charge is 2.58. The maximum Gasteiger partial charge on any atom is 0.369 e. The fourth-order valence-corrected chi connectivity index (χ4v) is 6.94. The normalized spacial score (nSPS) is 15.7. The zero-order chi connectivity index (χ0) is 27.7. The summed E-state index contributed by atoms with van der Waals surface area (Å²) in [5, 5.41) is 6.58. The standard InChI is InChI=1S/C22H37Cl2N3O8P2/c23-10-13-26(14-11-24)20-7-5-19(6-8-20)3-1-4-21(28)27-17-15-25(16-18-27)12-2-9-22(29,36(30,31)32)37(33,34)35/h5-8,29H,1-4,9-18H2,(H2,30,31,32)(H2,33,34,35). The minimum Gasteiger partial charge on any atom is -0.369 e. The third-order valence-electron chi connectivity index (χ3n) is 6.51. The van der Waals surface area contributed by atoms with Crippen LogP contribution in [0.2, 0.25) is 0 Å². The minimum atomic E-state index is -5.44. The minimum absolute atomic E-state index is 0.0189. The fraction of sp³-hybridized carbons (Fsp3) is 0.682. The molecule has 0 atom stereocenters. The molecule has 0 aliphatic carbocycles. The van der Waals surface area contributed by atoms with Gasteiger partial charge in [0.1, 0.15) is 0 Å². The van der Waals surface area contributed by atoms with E-state index in [2.05, 4.69) is 4.90 Å². The van der Waals surface area contributed by atoms with Gasteiger partial charge in [-0.25, -0.2) is 0 Å². The Balaban J connectivity index is 1.73. The molecule has 0 spiro atoms. The van der Waals surface area contributed by atoms with Crippen molar-refractivity contribution in [2.45, 2.75) is 37.2 Å². The lowest BCUT2D eigenvalue weighted by Crippen LogP contribution is -2.49. The maximum absolute atomic E-state index is 12.6. The monoisotopic (exact) mass is 603 g/mol. The van der Waals surface area contributed by atoms with Crippen LogP contribution in [0, 0.1) is 0 Å². The van der Waals surface area contributed by atoms with E-state index < -0.39 is 26.7 Å². The first-order valence-corrected chi connectivity index (χ1v) is 16.4. The van der Waals surface area contributed by atoms with Crippen molar-refractivity contribution in [3.8, 4) is 0 Å². The number of carbonyl (C=O) groups is 1. The van der Waals surface area contributed by atoms with Gasteiger partial charge < -0.3 is 34.5 Å². The summed E-state index contributed by atoms with van der Waals surface area (Å²) in [5.74, 6) is 1.10. The van der Waals surface area contributed by atoms with Crippen LogP contribution in [0.4, 0.5) is 5.69 Å². The average Bonchev–Trinajstić information content (AvgIpc) is 2.83. The molecule has 5 N–H and O–H groups in total.